The highest BCUT2D eigenvalue weighted by Gasteiger charge is 2.00. The SMILES string of the molecule is CCCCCCCCCCOn1ccc(NCC)nc1=O. The second-order valence-corrected chi connectivity index (χ2v) is 5.26. The van der Waals surface area contributed by atoms with Gasteiger partial charge >= 0.3 is 5.69 Å². The predicted molar refractivity (Wildman–Crippen MR) is 86.7 cm³/mol. The predicted octanol–water partition coefficient (Wildman–Crippen LogP) is 3.24. The lowest BCUT2D eigenvalue weighted by molar-refractivity contribution is 0.0952. The minimum absolute atomic E-state index is 0.368. The van der Waals surface area contributed by atoms with Crippen LogP contribution in [0.1, 0.15) is 65.2 Å². The van der Waals surface area contributed by atoms with Crippen molar-refractivity contribution in [3.63, 3.8) is 0 Å². The molecule has 1 aromatic rings. The molecule has 0 fully saturated rings. The van der Waals surface area contributed by atoms with Crippen molar-refractivity contribution in [2.45, 2.75) is 65.2 Å². The van der Waals surface area contributed by atoms with Crippen LogP contribution in [0.5, 0.6) is 0 Å². The first kappa shape index (κ1) is 17.5. The Kier molecular flexibility index (Phi) is 9.33. The van der Waals surface area contributed by atoms with Crippen LogP contribution >= 0.6 is 0 Å². The molecule has 1 rings (SSSR count). The van der Waals surface area contributed by atoms with Crippen molar-refractivity contribution >= 4 is 5.82 Å². The average molecular weight is 295 g/mol. The number of hydrogen-bond acceptors (Lipinski definition) is 4. The van der Waals surface area contributed by atoms with Crippen molar-refractivity contribution in [1.82, 2.24) is 9.71 Å². The number of nitrogens with zero attached hydrogens (tertiary/aromatic N) is 2. The Morgan fingerprint density at radius 3 is 2.38 bits per heavy atom. The molecule has 21 heavy (non-hydrogen) atoms. The first-order valence-corrected chi connectivity index (χ1v) is 8.24. The fourth-order valence-electron chi connectivity index (χ4n) is 2.17. The molecule has 0 bridgehead atoms. The van der Waals surface area contributed by atoms with E-state index in [2.05, 4.69) is 17.2 Å². The van der Waals surface area contributed by atoms with Gasteiger partial charge in [0.1, 0.15) is 12.4 Å². The van der Waals surface area contributed by atoms with Crippen LogP contribution in [0.2, 0.25) is 0 Å². The molecule has 5 nitrogen and oxygen atoms in total. The van der Waals surface area contributed by atoms with Crippen molar-refractivity contribution in [2.75, 3.05) is 18.5 Å². The van der Waals surface area contributed by atoms with Crippen LogP contribution in [0, 0.1) is 0 Å². The summed E-state index contributed by atoms with van der Waals surface area (Å²) >= 11 is 0. The Bertz CT molecular complexity index is 432. The standard InChI is InChI=1S/C16H29N3O2/c1-3-5-6-7-8-9-10-11-14-21-19-13-12-15(17-4-2)18-16(19)20/h12-13H,3-11,14H2,1-2H3,(H,17,18,20). The minimum atomic E-state index is -0.368. The van der Waals surface area contributed by atoms with E-state index in [9.17, 15) is 4.79 Å². The van der Waals surface area contributed by atoms with Gasteiger partial charge in [-0.3, -0.25) is 0 Å². The van der Waals surface area contributed by atoms with E-state index in [1.165, 1.54) is 43.3 Å². The molecule has 0 unspecified atom stereocenters. The van der Waals surface area contributed by atoms with Gasteiger partial charge in [0, 0.05) is 12.6 Å². The fourth-order valence-corrected chi connectivity index (χ4v) is 2.17. The summed E-state index contributed by atoms with van der Waals surface area (Å²) in [5, 5.41) is 3.00. The van der Waals surface area contributed by atoms with E-state index in [0.29, 0.717) is 12.4 Å². The Balaban J connectivity index is 2.11. The van der Waals surface area contributed by atoms with E-state index in [0.717, 1.165) is 19.4 Å². The lowest BCUT2D eigenvalue weighted by Crippen LogP contribution is -2.29. The second kappa shape index (κ2) is 11.2. The molecule has 0 saturated heterocycles. The van der Waals surface area contributed by atoms with Gasteiger partial charge < -0.3 is 10.2 Å². The van der Waals surface area contributed by atoms with Crippen LogP contribution in [0.25, 0.3) is 0 Å². The summed E-state index contributed by atoms with van der Waals surface area (Å²) < 4.78 is 1.21. The Labute approximate surface area is 127 Å². The van der Waals surface area contributed by atoms with Crippen LogP contribution < -0.4 is 15.8 Å². The van der Waals surface area contributed by atoms with E-state index in [1.807, 2.05) is 6.92 Å². The monoisotopic (exact) mass is 295 g/mol. The molecule has 0 spiro atoms. The third kappa shape index (κ3) is 7.73. The lowest BCUT2D eigenvalue weighted by Gasteiger charge is -2.08. The third-order valence-corrected chi connectivity index (χ3v) is 3.36. The molecule has 5 heteroatoms. The number of nitrogens with one attached hydrogen (secondary N) is 1. The summed E-state index contributed by atoms with van der Waals surface area (Å²) in [5.74, 6) is 0.592. The van der Waals surface area contributed by atoms with E-state index >= 15 is 0 Å². The minimum Gasteiger partial charge on any atom is -0.410 e. The third-order valence-electron chi connectivity index (χ3n) is 3.36. The van der Waals surface area contributed by atoms with Crippen LogP contribution in [-0.4, -0.2) is 22.9 Å². The number of hydrogen-bond donors (Lipinski definition) is 1. The molecule has 0 radical (unpaired) electrons. The summed E-state index contributed by atoms with van der Waals surface area (Å²) in [5.41, 5.74) is -0.368. The number of unbranched alkanes of at least 4 members (excludes halogenated alkanes) is 7. The van der Waals surface area contributed by atoms with Gasteiger partial charge in [-0.1, -0.05) is 45.4 Å². The van der Waals surface area contributed by atoms with E-state index < -0.39 is 0 Å². The maximum absolute atomic E-state index is 11.7. The van der Waals surface area contributed by atoms with Crippen molar-refractivity contribution < 1.29 is 4.84 Å². The van der Waals surface area contributed by atoms with E-state index in [1.54, 1.807) is 12.3 Å². The molecule has 0 amide bonds. The van der Waals surface area contributed by atoms with Crippen LogP contribution in [0.15, 0.2) is 17.1 Å². The van der Waals surface area contributed by atoms with Crippen LogP contribution in [0.4, 0.5) is 5.82 Å². The second-order valence-electron chi connectivity index (χ2n) is 5.26. The van der Waals surface area contributed by atoms with Crippen molar-refractivity contribution in [3.8, 4) is 0 Å². The maximum Gasteiger partial charge on any atom is 0.382 e. The van der Waals surface area contributed by atoms with Gasteiger partial charge in [0.25, 0.3) is 0 Å². The molecule has 0 atom stereocenters. The number of aromatic nitrogens is 2. The van der Waals surface area contributed by atoms with Gasteiger partial charge in [-0.25, -0.2) is 4.79 Å². The van der Waals surface area contributed by atoms with Crippen molar-refractivity contribution in [2.24, 2.45) is 0 Å². The molecule has 0 aliphatic rings. The molecule has 1 N–H and O–H groups in total. The summed E-state index contributed by atoms with van der Waals surface area (Å²) in [6, 6.07) is 1.75. The normalized spacial score (nSPS) is 10.6. The lowest BCUT2D eigenvalue weighted by atomic mass is 10.1. The zero-order chi connectivity index (χ0) is 15.3. The summed E-state index contributed by atoms with van der Waals surface area (Å²) in [6.45, 7) is 5.51. The van der Waals surface area contributed by atoms with E-state index in [-0.39, 0.29) is 5.69 Å². The van der Waals surface area contributed by atoms with Gasteiger partial charge in [-0.2, -0.15) is 4.98 Å². The zero-order valence-electron chi connectivity index (χ0n) is 13.4. The quantitative estimate of drug-likeness (QED) is 0.601. The average Bonchev–Trinajstić information content (AvgIpc) is 2.48. The van der Waals surface area contributed by atoms with Gasteiger partial charge in [-0.15, -0.1) is 4.73 Å². The molecule has 0 aliphatic heterocycles. The number of rotatable bonds is 12. The molecular formula is C16H29N3O2. The number of anilines is 1. The smallest absolute Gasteiger partial charge is 0.382 e. The molecule has 120 valence electrons. The van der Waals surface area contributed by atoms with Crippen LogP contribution in [0.3, 0.4) is 0 Å². The van der Waals surface area contributed by atoms with Crippen LogP contribution in [-0.2, 0) is 0 Å². The first-order valence-electron chi connectivity index (χ1n) is 8.24. The molecule has 0 saturated carbocycles. The highest BCUT2D eigenvalue weighted by molar-refractivity contribution is 5.31. The molecular weight excluding hydrogens is 266 g/mol. The zero-order valence-corrected chi connectivity index (χ0v) is 13.4. The van der Waals surface area contributed by atoms with Gasteiger partial charge in [-0.05, 0) is 19.8 Å². The highest BCUT2D eigenvalue weighted by atomic mass is 16.7. The Morgan fingerprint density at radius 2 is 1.76 bits per heavy atom. The topological polar surface area (TPSA) is 56.1 Å². The van der Waals surface area contributed by atoms with Gasteiger partial charge in [0.15, 0.2) is 0 Å². The van der Waals surface area contributed by atoms with E-state index in [4.69, 9.17) is 4.84 Å². The Hall–Kier alpha value is -1.52. The summed E-state index contributed by atoms with van der Waals surface area (Å²) in [6.07, 6.45) is 11.6. The molecule has 1 heterocycles. The molecule has 1 aromatic heterocycles. The Morgan fingerprint density at radius 1 is 1.10 bits per heavy atom. The van der Waals surface area contributed by atoms with Gasteiger partial charge in [0.2, 0.25) is 0 Å². The maximum atomic E-state index is 11.7. The molecule has 0 aromatic carbocycles. The summed E-state index contributed by atoms with van der Waals surface area (Å²) in [7, 11) is 0. The van der Waals surface area contributed by atoms with Crippen molar-refractivity contribution in [1.29, 1.82) is 0 Å². The highest BCUT2D eigenvalue weighted by Crippen LogP contribution is 2.08. The van der Waals surface area contributed by atoms with Gasteiger partial charge in [0.05, 0.1) is 6.20 Å². The van der Waals surface area contributed by atoms with Crippen molar-refractivity contribution in [3.05, 3.63) is 22.7 Å². The fraction of sp³-hybridized carbons (Fsp3) is 0.750. The molecule has 0 aliphatic carbocycles. The summed E-state index contributed by atoms with van der Waals surface area (Å²) in [4.78, 5) is 21.0. The first-order chi connectivity index (χ1) is 10.3. The largest absolute Gasteiger partial charge is 0.410 e.